The first-order valence-corrected chi connectivity index (χ1v) is 8.60. The number of hydrogen-bond acceptors (Lipinski definition) is 6. The molecule has 1 aromatic carbocycles. The highest BCUT2D eigenvalue weighted by Crippen LogP contribution is 2.24. The first kappa shape index (κ1) is 17.0. The highest BCUT2D eigenvalue weighted by molar-refractivity contribution is 7.91. The number of rotatable bonds is 6. The maximum Gasteiger partial charge on any atom is 0.318 e. The second-order valence-corrected chi connectivity index (χ2v) is 7.06. The van der Waals surface area contributed by atoms with E-state index in [1.165, 1.54) is 13.3 Å². The van der Waals surface area contributed by atoms with E-state index in [4.69, 9.17) is 4.74 Å². The number of hydrogen-bond donors (Lipinski definition) is 1. The van der Waals surface area contributed by atoms with Crippen LogP contribution in [0.3, 0.4) is 0 Å². The number of nitrogens with one attached hydrogen (secondary N) is 1. The molecule has 1 heterocycles. The molecule has 0 aliphatic carbocycles. The van der Waals surface area contributed by atoms with Crippen molar-refractivity contribution in [1.82, 2.24) is 9.97 Å². The van der Waals surface area contributed by atoms with Gasteiger partial charge in [-0.05, 0) is 12.5 Å². The predicted molar refractivity (Wildman–Crippen MR) is 90.3 cm³/mol. The molecule has 0 fully saturated rings. The maximum atomic E-state index is 12.4. The van der Waals surface area contributed by atoms with E-state index in [9.17, 15) is 8.42 Å². The van der Waals surface area contributed by atoms with Crippen molar-refractivity contribution in [3.05, 3.63) is 41.6 Å². The lowest BCUT2D eigenvalue weighted by Crippen LogP contribution is -2.20. The SMILES string of the molecule is COc1ncc(NS(=O)(=O)Cc2cccc(C)c2)c(N(C)C)n1. The zero-order valence-corrected chi connectivity index (χ0v) is 14.4. The number of methoxy groups -OCH3 is 1. The Kier molecular flexibility index (Phi) is 5.05. The van der Waals surface area contributed by atoms with Gasteiger partial charge in [-0.15, -0.1) is 0 Å². The number of aromatic nitrogens is 2. The summed E-state index contributed by atoms with van der Waals surface area (Å²) in [5.41, 5.74) is 2.04. The fourth-order valence-electron chi connectivity index (χ4n) is 2.09. The molecule has 0 atom stereocenters. The van der Waals surface area contributed by atoms with Crippen LogP contribution < -0.4 is 14.4 Å². The summed E-state index contributed by atoms with van der Waals surface area (Å²) < 4.78 is 32.3. The molecule has 2 aromatic rings. The molecule has 0 spiro atoms. The standard InChI is InChI=1S/C15H20N4O3S/c1-11-6-5-7-12(8-11)10-23(20,21)18-13-9-16-15(22-4)17-14(13)19(2)3/h5-9,18H,10H2,1-4H3. The van der Waals surface area contributed by atoms with Gasteiger partial charge in [0.2, 0.25) is 10.0 Å². The molecule has 23 heavy (non-hydrogen) atoms. The molecule has 7 nitrogen and oxygen atoms in total. The molecule has 0 unspecified atom stereocenters. The Bertz CT molecular complexity index is 791. The Morgan fingerprint density at radius 1 is 1.30 bits per heavy atom. The third-order valence-corrected chi connectivity index (χ3v) is 4.30. The maximum absolute atomic E-state index is 12.4. The van der Waals surface area contributed by atoms with Crippen LogP contribution in [0.2, 0.25) is 0 Å². The summed E-state index contributed by atoms with van der Waals surface area (Å²) in [6.45, 7) is 1.92. The van der Waals surface area contributed by atoms with Gasteiger partial charge in [-0.3, -0.25) is 4.72 Å². The molecule has 0 aliphatic heterocycles. The van der Waals surface area contributed by atoms with Crippen molar-refractivity contribution in [1.29, 1.82) is 0 Å². The van der Waals surface area contributed by atoms with Crippen molar-refractivity contribution in [2.24, 2.45) is 0 Å². The van der Waals surface area contributed by atoms with E-state index in [2.05, 4.69) is 14.7 Å². The van der Waals surface area contributed by atoms with Crippen molar-refractivity contribution >= 4 is 21.5 Å². The smallest absolute Gasteiger partial charge is 0.318 e. The number of ether oxygens (including phenoxy) is 1. The van der Waals surface area contributed by atoms with Crippen LogP contribution in [0.5, 0.6) is 6.01 Å². The highest BCUT2D eigenvalue weighted by Gasteiger charge is 2.17. The van der Waals surface area contributed by atoms with Crippen LogP contribution in [0.25, 0.3) is 0 Å². The number of sulfonamides is 1. The summed E-state index contributed by atoms with van der Waals surface area (Å²) in [5, 5.41) is 0. The number of anilines is 2. The Morgan fingerprint density at radius 3 is 2.65 bits per heavy atom. The average Bonchev–Trinajstić information content (AvgIpc) is 2.46. The lowest BCUT2D eigenvalue weighted by molar-refractivity contribution is 0.380. The van der Waals surface area contributed by atoms with Gasteiger partial charge in [0, 0.05) is 14.1 Å². The molecule has 0 amide bonds. The second-order valence-electron chi connectivity index (χ2n) is 5.34. The van der Waals surface area contributed by atoms with Crippen LogP contribution in [0.4, 0.5) is 11.5 Å². The van der Waals surface area contributed by atoms with Gasteiger partial charge in [-0.25, -0.2) is 13.4 Å². The number of benzene rings is 1. The third kappa shape index (κ3) is 4.56. The summed E-state index contributed by atoms with van der Waals surface area (Å²) in [5.74, 6) is 0.317. The van der Waals surface area contributed by atoms with E-state index in [0.717, 1.165) is 11.1 Å². The highest BCUT2D eigenvalue weighted by atomic mass is 32.2. The van der Waals surface area contributed by atoms with Crippen molar-refractivity contribution in [3.63, 3.8) is 0 Å². The Labute approximate surface area is 136 Å². The molecule has 0 aliphatic rings. The second kappa shape index (κ2) is 6.82. The summed E-state index contributed by atoms with van der Waals surface area (Å²) in [6.07, 6.45) is 1.40. The van der Waals surface area contributed by atoms with E-state index in [0.29, 0.717) is 11.5 Å². The first-order valence-electron chi connectivity index (χ1n) is 6.95. The average molecular weight is 336 g/mol. The van der Waals surface area contributed by atoms with Crippen molar-refractivity contribution < 1.29 is 13.2 Å². The number of aryl methyl sites for hydroxylation is 1. The van der Waals surface area contributed by atoms with Gasteiger partial charge in [0.1, 0.15) is 5.69 Å². The predicted octanol–water partition coefficient (Wildman–Crippen LogP) is 1.80. The molecule has 0 radical (unpaired) electrons. The Balaban J connectivity index is 2.26. The van der Waals surface area contributed by atoms with Crippen LogP contribution in [0, 0.1) is 6.92 Å². The lowest BCUT2D eigenvalue weighted by Gasteiger charge is -2.17. The van der Waals surface area contributed by atoms with Gasteiger partial charge in [0.05, 0.1) is 19.1 Å². The lowest BCUT2D eigenvalue weighted by atomic mass is 10.2. The normalized spacial score (nSPS) is 11.1. The van der Waals surface area contributed by atoms with E-state index in [-0.39, 0.29) is 11.8 Å². The zero-order valence-electron chi connectivity index (χ0n) is 13.6. The fraction of sp³-hybridized carbons (Fsp3) is 0.333. The topological polar surface area (TPSA) is 84.4 Å². The molecule has 2 rings (SSSR count). The van der Waals surface area contributed by atoms with Gasteiger partial charge in [-0.2, -0.15) is 4.98 Å². The minimum absolute atomic E-state index is 0.117. The van der Waals surface area contributed by atoms with Gasteiger partial charge in [-0.1, -0.05) is 29.8 Å². The monoisotopic (exact) mass is 336 g/mol. The minimum atomic E-state index is -3.58. The van der Waals surface area contributed by atoms with Crippen LogP contribution in [0.15, 0.2) is 30.5 Å². The van der Waals surface area contributed by atoms with Gasteiger partial charge >= 0.3 is 6.01 Å². The van der Waals surface area contributed by atoms with Gasteiger partial charge in [0.25, 0.3) is 0 Å². The summed E-state index contributed by atoms with van der Waals surface area (Å²) >= 11 is 0. The zero-order chi connectivity index (χ0) is 17.0. The molecule has 0 bridgehead atoms. The van der Waals surface area contributed by atoms with Crippen molar-refractivity contribution in [2.75, 3.05) is 30.8 Å². The van der Waals surface area contributed by atoms with E-state index in [1.807, 2.05) is 25.1 Å². The van der Waals surface area contributed by atoms with Crippen molar-refractivity contribution in [3.8, 4) is 6.01 Å². The number of nitrogens with zero attached hydrogens (tertiary/aromatic N) is 3. The quantitative estimate of drug-likeness (QED) is 0.866. The summed E-state index contributed by atoms with van der Waals surface area (Å²) in [4.78, 5) is 9.81. The van der Waals surface area contributed by atoms with E-state index in [1.54, 1.807) is 25.1 Å². The summed E-state index contributed by atoms with van der Waals surface area (Å²) in [7, 11) is 1.41. The van der Waals surface area contributed by atoms with Crippen LogP contribution in [-0.2, 0) is 15.8 Å². The largest absolute Gasteiger partial charge is 0.467 e. The Hall–Kier alpha value is -2.35. The minimum Gasteiger partial charge on any atom is -0.467 e. The first-order chi connectivity index (χ1) is 10.8. The molecule has 0 saturated heterocycles. The molecule has 124 valence electrons. The molecule has 1 aromatic heterocycles. The van der Waals surface area contributed by atoms with Gasteiger partial charge in [0.15, 0.2) is 5.82 Å². The van der Waals surface area contributed by atoms with Crippen LogP contribution in [-0.4, -0.2) is 39.6 Å². The molecule has 0 saturated carbocycles. The fourth-order valence-corrected chi connectivity index (χ4v) is 3.26. The molecular formula is C15H20N4O3S. The van der Waals surface area contributed by atoms with Crippen LogP contribution in [0.1, 0.15) is 11.1 Å². The molecular weight excluding hydrogens is 316 g/mol. The third-order valence-electron chi connectivity index (χ3n) is 3.06. The summed E-state index contributed by atoms with van der Waals surface area (Å²) in [6, 6.07) is 7.56. The molecule has 1 N–H and O–H groups in total. The Morgan fingerprint density at radius 2 is 2.04 bits per heavy atom. The van der Waals surface area contributed by atoms with Gasteiger partial charge < -0.3 is 9.64 Å². The van der Waals surface area contributed by atoms with Crippen LogP contribution >= 0.6 is 0 Å². The van der Waals surface area contributed by atoms with E-state index < -0.39 is 10.0 Å². The van der Waals surface area contributed by atoms with E-state index >= 15 is 0 Å². The molecule has 8 heteroatoms. The van der Waals surface area contributed by atoms with Crippen molar-refractivity contribution in [2.45, 2.75) is 12.7 Å².